The Bertz CT molecular complexity index is 422. The lowest BCUT2D eigenvalue weighted by Gasteiger charge is -2.28. The number of ether oxygens (including phenoxy) is 1. The van der Waals surface area contributed by atoms with Crippen LogP contribution in [0.15, 0.2) is 11.1 Å². The minimum absolute atomic E-state index is 0.0113. The molecule has 4 nitrogen and oxygen atoms in total. The van der Waals surface area contributed by atoms with E-state index in [1.54, 1.807) is 13.8 Å². The van der Waals surface area contributed by atoms with Gasteiger partial charge in [-0.15, -0.1) is 0 Å². The van der Waals surface area contributed by atoms with Gasteiger partial charge in [0, 0.05) is 0 Å². The molecular formula is C14H20O4. The molecule has 4 unspecified atom stereocenters. The first-order valence-electron chi connectivity index (χ1n) is 6.45. The highest BCUT2D eigenvalue weighted by Crippen LogP contribution is 2.55. The molecule has 1 saturated carbocycles. The van der Waals surface area contributed by atoms with Gasteiger partial charge in [-0.2, -0.15) is 0 Å². The Morgan fingerprint density at radius 3 is 2.11 bits per heavy atom. The van der Waals surface area contributed by atoms with Gasteiger partial charge in [0.25, 0.3) is 0 Å². The van der Waals surface area contributed by atoms with Gasteiger partial charge in [0.05, 0.1) is 17.9 Å². The summed E-state index contributed by atoms with van der Waals surface area (Å²) in [6, 6.07) is 0. The second-order valence-corrected chi connectivity index (χ2v) is 5.69. The van der Waals surface area contributed by atoms with E-state index in [0.29, 0.717) is 0 Å². The molecule has 0 saturated heterocycles. The standard InChI is InChI=1S/C14H20O4/c1-6(2)18-14(17)12-10-5-9(7(3)8(10)4)11(12)13(15)16/h6,9-12H,5H2,1-4H3,(H,15,16). The molecule has 0 aromatic carbocycles. The van der Waals surface area contributed by atoms with Crippen LogP contribution < -0.4 is 0 Å². The second-order valence-electron chi connectivity index (χ2n) is 5.69. The predicted molar refractivity (Wildman–Crippen MR) is 65.8 cm³/mol. The molecule has 1 N–H and O–H groups in total. The first-order valence-corrected chi connectivity index (χ1v) is 6.45. The minimum Gasteiger partial charge on any atom is -0.481 e. The number of rotatable bonds is 3. The third-order valence-corrected chi connectivity index (χ3v) is 4.41. The fraction of sp³-hybridized carbons (Fsp3) is 0.714. The Morgan fingerprint density at radius 2 is 1.67 bits per heavy atom. The molecule has 18 heavy (non-hydrogen) atoms. The zero-order valence-electron chi connectivity index (χ0n) is 11.3. The molecule has 4 heteroatoms. The van der Waals surface area contributed by atoms with Crippen LogP contribution in [0.1, 0.15) is 34.1 Å². The molecule has 1 fully saturated rings. The van der Waals surface area contributed by atoms with Crippen molar-refractivity contribution in [2.24, 2.45) is 23.7 Å². The average Bonchev–Trinajstić information content (AvgIpc) is 2.76. The molecule has 2 bridgehead atoms. The molecule has 0 spiro atoms. The minimum atomic E-state index is -0.875. The van der Waals surface area contributed by atoms with E-state index in [1.807, 2.05) is 13.8 Å². The average molecular weight is 252 g/mol. The first kappa shape index (κ1) is 13.1. The summed E-state index contributed by atoms with van der Waals surface area (Å²) in [5, 5.41) is 9.36. The zero-order chi connectivity index (χ0) is 13.6. The van der Waals surface area contributed by atoms with Crippen molar-refractivity contribution in [1.82, 2.24) is 0 Å². The monoisotopic (exact) mass is 252 g/mol. The molecule has 0 amide bonds. The van der Waals surface area contributed by atoms with E-state index in [1.165, 1.54) is 5.57 Å². The Kier molecular flexibility index (Phi) is 3.21. The Hall–Kier alpha value is -1.32. The molecule has 4 atom stereocenters. The number of hydrogen-bond acceptors (Lipinski definition) is 3. The SMILES string of the molecule is CC1=C(C)C2CC1C(C(=O)O)C2C(=O)OC(C)C. The van der Waals surface area contributed by atoms with E-state index in [4.69, 9.17) is 4.74 Å². The smallest absolute Gasteiger partial charge is 0.310 e. The van der Waals surface area contributed by atoms with Crippen LogP contribution in [0.5, 0.6) is 0 Å². The van der Waals surface area contributed by atoms with Crippen LogP contribution in [0.25, 0.3) is 0 Å². The van der Waals surface area contributed by atoms with Gasteiger partial charge in [-0.05, 0) is 46.0 Å². The lowest BCUT2D eigenvalue weighted by molar-refractivity contribution is -0.161. The van der Waals surface area contributed by atoms with Crippen LogP contribution in [0.3, 0.4) is 0 Å². The number of esters is 1. The normalized spacial score (nSPS) is 34.3. The van der Waals surface area contributed by atoms with Crippen molar-refractivity contribution in [3.05, 3.63) is 11.1 Å². The largest absolute Gasteiger partial charge is 0.481 e. The van der Waals surface area contributed by atoms with Crippen LogP contribution >= 0.6 is 0 Å². The maximum absolute atomic E-state index is 12.1. The summed E-state index contributed by atoms with van der Waals surface area (Å²) in [6.45, 7) is 7.57. The lowest BCUT2D eigenvalue weighted by Crippen LogP contribution is -2.37. The van der Waals surface area contributed by atoms with E-state index in [0.717, 1.165) is 12.0 Å². The lowest BCUT2D eigenvalue weighted by atomic mass is 9.76. The van der Waals surface area contributed by atoms with Crippen molar-refractivity contribution in [2.75, 3.05) is 0 Å². The molecule has 0 aliphatic heterocycles. The third kappa shape index (κ3) is 1.84. The van der Waals surface area contributed by atoms with Gasteiger partial charge < -0.3 is 9.84 Å². The van der Waals surface area contributed by atoms with Crippen LogP contribution in [0, 0.1) is 23.7 Å². The quantitative estimate of drug-likeness (QED) is 0.618. The fourth-order valence-electron chi connectivity index (χ4n) is 3.49. The van der Waals surface area contributed by atoms with Crippen molar-refractivity contribution in [3.8, 4) is 0 Å². The number of carboxylic acids is 1. The van der Waals surface area contributed by atoms with Gasteiger partial charge in [-0.1, -0.05) is 11.1 Å². The fourth-order valence-corrected chi connectivity index (χ4v) is 3.49. The summed E-state index contributed by atoms with van der Waals surface area (Å²) in [6.07, 6.45) is 0.586. The summed E-state index contributed by atoms with van der Waals surface area (Å²) >= 11 is 0. The van der Waals surface area contributed by atoms with Gasteiger partial charge in [0.15, 0.2) is 0 Å². The topological polar surface area (TPSA) is 63.6 Å². The van der Waals surface area contributed by atoms with E-state index in [2.05, 4.69) is 0 Å². The number of aliphatic carboxylic acids is 1. The summed E-state index contributed by atoms with van der Waals surface area (Å²) in [7, 11) is 0. The van der Waals surface area contributed by atoms with Gasteiger partial charge in [0.1, 0.15) is 0 Å². The highest BCUT2D eigenvalue weighted by Gasteiger charge is 2.56. The summed E-state index contributed by atoms with van der Waals surface area (Å²) < 4.78 is 5.23. The maximum Gasteiger partial charge on any atom is 0.310 e. The predicted octanol–water partition coefficient (Wildman–Crippen LogP) is 2.24. The van der Waals surface area contributed by atoms with E-state index >= 15 is 0 Å². The maximum atomic E-state index is 12.1. The van der Waals surface area contributed by atoms with Crippen LogP contribution in [0.2, 0.25) is 0 Å². The molecule has 0 aromatic rings. The highest BCUT2D eigenvalue weighted by molar-refractivity contribution is 5.84. The van der Waals surface area contributed by atoms with Crippen LogP contribution in [-0.2, 0) is 14.3 Å². The highest BCUT2D eigenvalue weighted by atomic mass is 16.5. The van der Waals surface area contributed by atoms with Crippen LogP contribution in [-0.4, -0.2) is 23.1 Å². The number of carbonyl (C=O) groups is 2. The van der Waals surface area contributed by atoms with Gasteiger partial charge >= 0.3 is 11.9 Å². The first-order chi connectivity index (χ1) is 8.34. The van der Waals surface area contributed by atoms with Crippen molar-refractivity contribution >= 4 is 11.9 Å². The number of hydrogen-bond donors (Lipinski definition) is 1. The van der Waals surface area contributed by atoms with Crippen molar-refractivity contribution in [3.63, 3.8) is 0 Å². The Balaban J connectivity index is 2.29. The summed E-state index contributed by atoms with van der Waals surface area (Å²) in [5.74, 6) is -2.26. The van der Waals surface area contributed by atoms with Crippen molar-refractivity contribution in [1.29, 1.82) is 0 Å². The third-order valence-electron chi connectivity index (χ3n) is 4.41. The van der Waals surface area contributed by atoms with Gasteiger partial charge in [0.2, 0.25) is 0 Å². The Morgan fingerprint density at radius 1 is 1.17 bits per heavy atom. The van der Waals surface area contributed by atoms with E-state index < -0.39 is 17.8 Å². The number of carboxylic acid groups (broad SMARTS) is 1. The molecule has 2 aliphatic carbocycles. The van der Waals surface area contributed by atoms with E-state index in [-0.39, 0.29) is 23.9 Å². The van der Waals surface area contributed by atoms with Gasteiger partial charge in [-0.3, -0.25) is 9.59 Å². The summed E-state index contributed by atoms with van der Waals surface area (Å²) in [5.41, 5.74) is 2.34. The van der Waals surface area contributed by atoms with Crippen molar-refractivity contribution < 1.29 is 19.4 Å². The van der Waals surface area contributed by atoms with Gasteiger partial charge in [-0.25, -0.2) is 0 Å². The molecular weight excluding hydrogens is 232 g/mol. The molecule has 0 radical (unpaired) electrons. The summed E-state index contributed by atoms with van der Waals surface area (Å²) in [4.78, 5) is 23.5. The molecule has 2 rings (SSSR count). The van der Waals surface area contributed by atoms with E-state index in [9.17, 15) is 14.7 Å². The Labute approximate surface area is 107 Å². The van der Waals surface area contributed by atoms with Crippen molar-refractivity contribution in [2.45, 2.75) is 40.2 Å². The molecule has 2 aliphatic rings. The second kappa shape index (κ2) is 4.41. The zero-order valence-corrected chi connectivity index (χ0v) is 11.3. The molecule has 100 valence electrons. The number of allylic oxidation sites excluding steroid dienone is 2. The number of carbonyl (C=O) groups excluding carboxylic acids is 1. The number of fused-ring (bicyclic) bond motifs is 2. The molecule has 0 aromatic heterocycles. The molecule has 0 heterocycles. The van der Waals surface area contributed by atoms with Crippen LogP contribution in [0.4, 0.5) is 0 Å².